The summed E-state index contributed by atoms with van der Waals surface area (Å²) in [5.74, 6) is 1.64. The van der Waals surface area contributed by atoms with Gasteiger partial charge >= 0.3 is 0 Å². The van der Waals surface area contributed by atoms with Crippen molar-refractivity contribution in [1.82, 2.24) is 9.97 Å². The molecule has 2 heterocycles. The third-order valence-electron chi connectivity index (χ3n) is 5.15. The quantitative estimate of drug-likeness (QED) is 0.524. The average molecular weight is 386 g/mol. The fourth-order valence-electron chi connectivity index (χ4n) is 3.78. The van der Waals surface area contributed by atoms with Gasteiger partial charge in [0.15, 0.2) is 5.82 Å². The third kappa shape index (κ3) is 3.15. The fourth-order valence-corrected chi connectivity index (χ4v) is 4.16. The van der Waals surface area contributed by atoms with Crippen molar-refractivity contribution in [2.45, 2.75) is 38.6 Å². The molecule has 1 atom stereocenters. The molecular weight excluding hydrogens is 365 g/mol. The Hall–Kier alpha value is -1.84. The first-order chi connectivity index (χ1) is 12.7. The van der Waals surface area contributed by atoms with Gasteiger partial charge in [-0.25, -0.2) is 9.97 Å². The van der Waals surface area contributed by atoms with Gasteiger partial charge in [0.25, 0.3) is 0 Å². The maximum atomic E-state index is 6.45. The summed E-state index contributed by atoms with van der Waals surface area (Å²) in [4.78, 5) is 12.2. The number of benzene rings is 2. The number of piperidine rings is 1. The number of halogens is 2. The van der Waals surface area contributed by atoms with Gasteiger partial charge in [0.1, 0.15) is 5.82 Å². The van der Waals surface area contributed by atoms with Crippen molar-refractivity contribution in [3.05, 3.63) is 52.5 Å². The summed E-state index contributed by atoms with van der Waals surface area (Å²) in [5, 5.41) is 2.11. The van der Waals surface area contributed by atoms with Crippen LogP contribution in [0.1, 0.15) is 32.6 Å². The molecule has 134 valence electrons. The lowest BCUT2D eigenvalue weighted by atomic mass is 9.99. The van der Waals surface area contributed by atoms with Crippen LogP contribution in [0.3, 0.4) is 0 Å². The first kappa shape index (κ1) is 17.6. The SMILES string of the molecule is CCC1CCCCN1c1nc(-c2cccc(Cl)c2Cl)nc2ccccc12. The van der Waals surface area contributed by atoms with Gasteiger partial charge in [-0.2, -0.15) is 0 Å². The molecule has 3 nitrogen and oxygen atoms in total. The van der Waals surface area contributed by atoms with Crippen molar-refractivity contribution >= 4 is 39.9 Å². The maximum Gasteiger partial charge on any atom is 0.163 e. The Balaban J connectivity index is 1.93. The highest BCUT2D eigenvalue weighted by Gasteiger charge is 2.25. The number of rotatable bonds is 3. The predicted octanol–water partition coefficient (Wildman–Crippen LogP) is 6.37. The summed E-state index contributed by atoms with van der Waals surface area (Å²) in [7, 11) is 0. The Kier molecular flexibility index (Phi) is 5.01. The molecule has 0 amide bonds. The number of anilines is 1. The molecule has 1 aliphatic rings. The minimum absolute atomic E-state index is 0.501. The molecule has 26 heavy (non-hydrogen) atoms. The lowest BCUT2D eigenvalue weighted by molar-refractivity contribution is 0.448. The second kappa shape index (κ2) is 7.42. The molecule has 0 saturated carbocycles. The van der Waals surface area contributed by atoms with Crippen LogP contribution in [0, 0.1) is 0 Å². The number of aromatic nitrogens is 2. The van der Waals surface area contributed by atoms with E-state index in [1.54, 1.807) is 6.07 Å². The molecule has 0 spiro atoms. The van der Waals surface area contributed by atoms with Crippen LogP contribution in [-0.2, 0) is 0 Å². The molecule has 1 saturated heterocycles. The van der Waals surface area contributed by atoms with Gasteiger partial charge in [0.2, 0.25) is 0 Å². The van der Waals surface area contributed by atoms with Crippen LogP contribution in [-0.4, -0.2) is 22.6 Å². The largest absolute Gasteiger partial charge is 0.353 e. The molecule has 3 aromatic rings. The van der Waals surface area contributed by atoms with Gasteiger partial charge < -0.3 is 4.90 Å². The molecule has 1 fully saturated rings. The Bertz CT molecular complexity index is 942. The van der Waals surface area contributed by atoms with E-state index < -0.39 is 0 Å². The Morgan fingerprint density at radius 2 is 1.88 bits per heavy atom. The summed E-state index contributed by atoms with van der Waals surface area (Å²) in [5.41, 5.74) is 1.71. The van der Waals surface area contributed by atoms with E-state index in [2.05, 4.69) is 17.9 Å². The summed E-state index contributed by atoms with van der Waals surface area (Å²) >= 11 is 12.7. The van der Waals surface area contributed by atoms with Crippen LogP contribution in [0.15, 0.2) is 42.5 Å². The van der Waals surface area contributed by atoms with Crippen LogP contribution in [0.4, 0.5) is 5.82 Å². The highest BCUT2D eigenvalue weighted by molar-refractivity contribution is 6.43. The van der Waals surface area contributed by atoms with Crippen molar-refractivity contribution in [3.63, 3.8) is 0 Å². The topological polar surface area (TPSA) is 29.0 Å². The second-order valence-corrected chi connectivity index (χ2v) is 7.53. The van der Waals surface area contributed by atoms with E-state index in [0.29, 0.717) is 21.9 Å². The first-order valence-electron chi connectivity index (χ1n) is 9.17. The van der Waals surface area contributed by atoms with E-state index in [1.165, 1.54) is 19.3 Å². The van der Waals surface area contributed by atoms with Gasteiger partial charge in [0, 0.05) is 23.5 Å². The monoisotopic (exact) mass is 385 g/mol. The molecule has 1 aromatic heterocycles. The Morgan fingerprint density at radius 1 is 1.04 bits per heavy atom. The molecule has 0 aliphatic carbocycles. The number of nitrogens with zero attached hydrogens (tertiary/aromatic N) is 3. The molecule has 0 N–H and O–H groups in total. The van der Waals surface area contributed by atoms with Crippen LogP contribution >= 0.6 is 23.2 Å². The van der Waals surface area contributed by atoms with E-state index in [1.807, 2.05) is 30.3 Å². The zero-order valence-corrected chi connectivity index (χ0v) is 16.3. The van der Waals surface area contributed by atoms with Gasteiger partial charge in [-0.1, -0.05) is 48.3 Å². The number of para-hydroxylation sites is 1. The summed E-state index contributed by atoms with van der Waals surface area (Å²) in [6.07, 6.45) is 4.81. The summed E-state index contributed by atoms with van der Waals surface area (Å²) < 4.78 is 0. The van der Waals surface area contributed by atoms with Gasteiger partial charge in [-0.05, 0) is 49.9 Å². The van der Waals surface area contributed by atoms with Crippen molar-refractivity contribution in [2.75, 3.05) is 11.4 Å². The van der Waals surface area contributed by atoms with E-state index in [4.69, 9.17) is 33.2 Å². The minimum atomic E-state index is 0.501. The normalized spacial score (nSPS) is 17.7. The Morgan fingerprint density at radius 3 is 2.73 bits per heavy atom. The van der Waals surface area contributed by atoms with Crippen LogP contribution in [0.5, 0.6) is 0 Å². The standard InChI is InChI=1S/C21H21Cl2N3/c1-2-14-8-5-6-13-26(14)21-15-9-3-4-12-18(15)24-20(25-21)16-10-7-11-17(22)19(16)23/h3-4,7,9-12,14H,2,5-6,8,13H2,1H3. The zero-order chi connectivity index (χ0) is 18.1. The molecule has 0 bridgehead atoms. The lowest BCUT2D eigenvalue weighted by Crippen LogP contribution is -2.39. The zero-order valence-electron chi connectivity index (χ0n) is 14.8. The molecule has 0 radical (unpaired) electrons. The average Bonchev–Trinajstić information content (AvgIpc) is 2.69. The van der Waals surface area contributed by atoms with E-state index in [0.717, 1.165) is 35.2 Å². The number of hydrogen-bond acceptors (Lipinski definition) is 3. The van der Waals surface area contributed by atoms with Crippen molar-refractivity contribution in [2.24, 2.45) is 0 Å². The van der Waals surface area contributed by atoms with E-state index in [-0.39, 0.29) is 0 Å². The number of fused-ring (bicyclic) bond motifs is 1. The predicted molar refractivity (Wildman–Crippen MR) is 110 cm³/mol. The highest BCUT2D eigenvalue weighted by atomic mass is 35.5. The van der Waals surface area contributed by atoms with Gasteiger partial charge in [-0.3, -0.25) is 0 Å². The van der Waals surface area contributed by atoms with E-state index in [9.17, 15) is 0 Å². The maximum absolute atomic E-state index is 6.45. The van der Waals surface area contributed by atoms with Gasteiger partial charge in [0.05, 0.1) is 15.6 Å². The molecular formula is C21H21Cl2N3. The summed E-state index contributed by atoms with van der Waals surface area (Å²) in [6.45, 7) is 3.28. The lowest BCUT2D eigenvalue weighted by Gasteiger charge is -2.37. The molecule has 1 aliphatic heterocycles. The van der Waals surface area contributed by atoms with E-state index >= 15 is 0 Å². The second-order valence-electron chi connectivity index (χ2n) is 6.74. The van der Waals surface area contributed by atoms with Crippen LogP contribution < -0.4 is 4.90 Å². The van der Waals surface area contributed by atoms with Crippen LogP contribution in [0.25, 0.3) is 22.3 Å². The first-order valence-corrected chi connectivity index (χ1v) is 9.92. The van der Waals surface area contributed by atoms with Crippen molar-refractivity contribution in [3.8, 4) is 11.4 Å². The number of hydrogen-bond donors (Lipinski definition) is 0. The minimum Gasteiger partial charge on any atom is -0.353 e. The fraction of sp³-hybridized carbons (Fsp3) is 0.333. The smallest absolute Gasteiger partial charge is 0.163 e. The molecule has 1 unspecified atom stereocenters. The summed E-state index contributed by atoms with van der Waals surface area (Å²) in [6, 6.07) is 14.3. The van der Waals surface area contributed by atoms with Crippen molar-refractivity contribution < 1.29 is 0 Å². The third-order valence-corrected chi connectivity index (χ3v) is 5.96. The van der Waals surface area contributed by atoms with Gasteiger partial charge in [-0.15, -0.1) is 0 Å². The van der Waals surface area contributed by atoms with Crippen molar-refractivity contribution in [1.29, 1.82) is 0 Å². The molecule has 2 aromatic carbocycles. The Labute approximate surface area is 164 Å². The molecule has 5 heteroatoms. The molecule has 4 rings (SSSR count). The van der Waals surface area contributed by atoms with Crippen LogP contribution in [0.2, 0.25) is 10.0 Å². The highest BCUT2D eigenvalue weighted by Crippen LogP contribution is 2.36.